The third-order valence-electron chi connectivity index (χ3n) is 6.96. The van der Waals surface area contributed by atoms with Gasteiger partial charge >= 0.3 is 0 Å². The van der Waals surface area contributed by atoms with Gasteiger partial charge in [0, 0.05) is 24.7 Å². The van der Waals surface area contributed by atoms with Crippen molar-refractivity contribution in [1.82, 2.24) is 4.31 Å². The molecule has 32 heavy (non-hydrogen) atoms. The minimum atomic E-state index is -3.53. The van der Waals surface area contributed by atoms with Crippen LogP contribution in [0.25, 0.3) is 0 Å². The lowest BCUT2D eigenvalue weighted by Gasteiger charge is -2.31. The molecule has 0 atom stereocenters. The second-order valence-electron chi connectivity index (χ2n) is 9.50. The van der Waals surface area contributed by atoms with Crippen LogP contribution in [0.4, 0.5) is 5.69 Å². The molecular weight excluding hydrogens is 420 g/mol. The molecule has 0 saturated carbocycles. The fraction of sp³-hybridized carbons (Fsp3) is 0.500. The van der Waals surface area contributed by atoms with E-state index in [1.165, 1.54) is 17.5 Å². The van der Waals surface area contributed by atoms with E-state index in [2.05, 4.69) is 25.2 Å². The van der Waals surface area contributed by atoms with Gasteiger partial charge in [-0.25, -0.2) is 8.42 Å². The van der Waals surface area contributed by atoms with Crippen LogP contribution in [0, 0.1) is 12.8 Å². The van der Waals surface area contributed by atoms with Crippen LogP contribution < -0.4 is 5.32 Å². The number of amides is 1. The maximum Gasteiger partial charge on any atom is 0.243 e. The number of sulfonamides is 1. The number of nitrogens with zero attached hydrogens (tertiary/aromatic N) is 1. The molecule has 5 nitrogen and oxygen atoms in total. The van der Waals surface area contributed by atoms with E-state index in [4.69, 9.17) is 0 Å². The Labute approximate surface area is 192 Å². The molecule has 172 valence electrons. The monoisotopic (exact) mass is 454 g/mol. The fourth-order valence-corrected chi connectivity index (χ4v) is 6.47. The van der Waals surface area contributed by atoms with Crippen molar-refractivity contribution in [2.45, 2.75) is 70.1 Å². The minimum Gasteiger partial charge on any atom is -0.325 e. The van der Waals surface area contributed by atoms with Crippen molar-refractivity contribution in [3.8, 4) is 0 Å². The van der Waals surface area contributed by atoms with Gasteiger partial charge in [0.1, 0.15) is 0 Å². The Kier molecular flexibility index (Phi) is 6.72. The summed E-state index contributed by atoms with van der Waals surface area (Å²) in [6.07, 6.45) is 5.37. The molecule has 1 saturated heterocycles. The molecule has 1 fully saturated rings. The van der Waals surface area contributed by atoms with Crippen molar-refractivity contribution in [1.29, 1.82) is 0 Å². The van der Waals surface area contributed by atoms with Gasteiger partial charge in [0.15, 0.2) is 0 Å². The highest BCUT2D eigenvalue weighted by Crippen LogP contribution is 2.31. The Bertz CT molecular complexity index is 1100. The molecular formula is C26H34N2O3S. The Morgan fingerprint density at radius 1 is 1.03 bits per heavy atom. The molecule has 0 aromatic heterocycles. The molecule has 6 heteroatoms. The van der Waals surface area contributed by atoms with Gasteiger partial charge in [0.05, 0.1) is 4.90 Å². The van der Waals surface area contributed by atoms with E-state index in [-0.39, 0.29) is 11.8 Å². The maximum absolute atomic E-state index is 13.2. The van der Waals surface area contributed by atoms with Gasteiger partial charge in [-0.15, -0.1) is 0 Å². The topological polar surface area (TPSA) is 66.5 Å². The van der Waals surface area contributed by atoms with Gasteiger partial charge in [-0.2, -0.15) is 4.31 Å². The molecule has 1 aliphatic heterocycles. The normalized spacial score (nSPS) is 17.9. The summed E-state index contributed by atoms with van der Waals surface area (Å²) in [6.45, 7) is 7.00. The first-order chi connectivity index (χ1) is 15.3. The number of piperidine rings is 1. The number of benzene rings is 2. The van der Waals surface area contributed by atoms with Gasteiger partial charge in [-0.3, -0.25) is 4.79 Å². The third kappa shape index (κ3) is 4.62. The highest BCUT2D eigenvalue weighted by molar-refractivity contribution is 7.89. The van der Waals surface area contributed by atoms with Gasteiger partial charge < -0.3 is 5.32 Å². The van der Waals surface area contributed by atoms with Crippen LogP contribution in [-0.4, -0.2) is 31.7 Å². The summed E-state index contributed by atoms with van der Waals surface area (Å²) >= 11 is 0. The number of hydrogen-bond donors (Lipinski definition) is 1. The first-order valence-electron chi connectivity index (χ1n) is 11.8. The van der Waals surface area contributed by atoms with Crippen molar-refractivity contribution in [3.05, 3.63) is 58.7 Å². The quantitative estimate of drug-likeness (QED) is 0.688. The summed E-state index contributed by atoms with van der Waals surface area (Å²) in [7, 11) is -3.53. The smallest absolute Gasteiger partial charge is 0.243 e. The predicted octanol–water partition coefficient (Wildman–Crippen LogP) is 5.04. The second-order valence-corrected chi connectivity index (χ2v) is 11.4. The van der Waals surface area contributed by atoms with E-state index < -0.39 is 10.0 Å². The van der Waals surface area contributed by atoms with Crippen molar-refractivity contribution in [2.75, 3.05) is 18.4 Å². The molecule has 4 rings (SSSR count). The van der Waals surface area contributed by atoms with E-state index in [1.807, 2.05) is 31.2 Å². The first kappa shape index (κ1) is 23.0. The molecule has 1 heterocycles. The van der Waals surface area contributed by atoms with Crippen LogP contribution in [0.15, 0.2) is 41.3 Å². The standard InChI is InChI=1S/C26H34N2O3S/c1-18(2)24-10-6-7-19(3)25(24)27-26(29)21-13-15-28(16-14-21)32(30,31)23-12-11-20-8-4-5-9-22(20)17-23/h6-7,10-12,17-18,21H,4-5,8-9,13-16H2,1-3H3,(H,27,29). The van der Waals surface area contributed by atoms with Crippen molar-refractivity contribution < 1.29 is 13.2 Å². The molecule has 1 amide bonds. The third-order valence-corrected chi connectivity index (χ3v) is 8.85. The number of rotatable bonds is 5. The molecule has 0 unspecified atom stereocenters. The number of hydrogen-bond acceptors (Lipinski definition) is 3. The van der Waals surface area contributed by atoms with Gasteiger partial charge in [0.2, 0.25) is 15.9 Å². The summed E-state index contributed by atoms with van der Waals surface area (Å²) in [4.78, 5) is 13.4. The molecule has 0 bridgehead atoms. The lowest BCUT2D eigenvalue weighted by atomic mass is 9.92. The molecule has 1 N–H and O–H groups in total. The van der Waals surface area contributed by atoms with E-state index in [9.17, 15) is 13.2 Å². The van der Waals surface area contributed by atoms with Gasteiger partial charge in [-0.1, -0.05) is 38.1 Å². The van der Waals surface area contributed by atoms with E-state index in [1.54, 1.807) is 10.4 Å². The van der Waals surface area contributed by atoms with E-state index >= 15 is 0 Å². The highest BCUT2D eigenvalue weighted by Gasteiger charge is 2.33. The Hall–Kier alpha value is -2.18. The SMILES string of the molecule is Cc1cccc(C(C)C)c1NC(=O)C1CCN(S(=O)(=O)c2ccc3c(c2)CCCC3)CC1. The Morgan fingerprint density at radius 2 is 1.72 bits per heavy atom. The maximum atomic E-state index is 13.2. The summed E-state index contributed by atoms with van der Waals surface area (Å²) in [5, 5.41) is 3.14. The zero-order chi connectivity index (χ0) is 22.9. The number of nitrogens with one attached hydrogen (secondary N) is 1. The highest BCUT2D eigenvalue weighted by atomic mass is 32.2. The van der Waals surface area contributed by atoms with Crippen LogP contribution in [0.3, 0.4) is 0 Å². The number of aryl methyl sites for hydroxylation is 3. The van der Waals surface area contributed by atoms with Gasteiger partial charge in [0.25, 0.3) is 0 Å². The molecule has 2 aliphatic rings. The molecule has 2 aromatic rings. The Balaban J connectivity index is 1.42. The van der Waals surface area contributed by atoms with E-state index in [0.717, 1.165) is 36.1 Å². The molecule has 0 spiro atoms. The van der Waals surface area contributed by atoms with Crippen LogP contribution in [0.2, 0.25) is 0 Å². The van der Waals surface area contributed by atoms with Crippen LogP contribution in [0.5, 0.6) is 0 Å². The first-order valence-corrected chi connectivity index (χ1v) is 13.2. The lowest BCUT2D eigenvalue weighted by Crippen LogP contribution is -2.41. The van der Waals surface area contributed by atoms with Crippen molar-refractivity contribution in [2.24, 2.45) is 5.92 Å². The van der Waals surface area contributed by atoms with E-state index in [0.29, 0.717) is 36.7 Å². The predicted molar refractivity (Wildman–Crippen MR) is 128 cm³/mol. The number of para-hydroxylation sites is 1. The lowest BCUT2D eigenvalue weighted by molar-refractivity contribution is -0.120. The number of fused-ring (bicyclic) bond motifs is 1. The summed E-state index contributed by atoms with van der Waals surface area (Å²) in [5.74, 6) is 0.130. The van der Waals surface area contributed by atoms with Crippen LogP contribution in [-0.2, 0) is 27.7 Å². The minimum absolute atomic E-state index is 0.00738. The largest absolute Gasteiger partial charge is 0.325 e. The fourth-order valence-electron chi connectivity index (χ4n) is 4.95. The molecule has 2 aromatic carbocycles. The summed E-state index contributed by atoms with van der Waals surface area (Å²) in [6, 6.07) is 11.7. The summed E-state index contributed by atoms with van der Waals surface area (Å²) in [5.41, 5.74) is 5.53. The zero-order valence-corrected chi connectivity index (χ0v) is 20.2. The zero-order valence-electron chi connectivity index (χ0n) is 19.4. The number of carbonyl (C=O) groups excluding carboxylic acids is 1. The molecule has 1 aliphatic carbocycles. The second kappa shape index (κ2) is 9.36. The van der Waals surface area contributed by atoms with Crippen molar-refractivity contribution >= 4 is 21.6 Å². The van der Waals surface area contributed by atoms with Crippen LogP contribution >= 0.6 is 0 Å². The van der Waals surface area contributed by atoms with Gasteiger partial charge in [-0.05, 0) is 85.8 Å². The van der Waals surface area contributed by atoms with Crippen LogP contribution in [0.1, 0.15) is 67.7 Å². The van der Waals surface area contributed by atoms with Crippen molar-refractivity contribution in [3.63, 3.8) is 0 Å². The average Bonchev–Trinajstić information content (AvgIpc) is 2.80. The number of anilines is 1. The number of carbonyl (C=O) groups is 1. The average molecular weight is 455 g/mol. The molecule has 0 radical (unpaired) electrons. The summed E-state index contributed by atoms with van der Waals surface area (Å²) < 4.78 is 28.0. The Morgan fingerprint density at radius 3 is 2.41 bits per heavy atom.